The zero-order chi connectivity index (χ0) is 10.6. The number of hydrogen-bond donors (Lipinski definition) is 0. The topological polar surface area (TPSA) is 43.4 Å². The predicted molar refractivity (Wildman–Crippen MR) is 52.9 cm³/mol. The highest BCUT2D eigenvalue weighted by Crippen LogP contribution is 2.56. The van der Waals surface area contributed by atoms with E-state index >= 15 is 0 Å². The molecule has 5 atom stereocenters. The van der Waals surface area contributed by atoms with Crippen molar-refractivity contribution >= 4 is 11.8 Å². The normalized spacial score (nSPS) is 45.9. The minimum absolute atomic E-state index is 0.00222. The maximum Gasteiger partial charge on any atom is 0.302 e. The second-order valence-corrected chi connectivity index (χ2v) is 4.91. The van der Waals surface area contributed by atoms with Crippen molar-refractivity contribution < 1.29 is 14.3 Å². The average Bonchev–Trinajstić information content (AvgIpc) is 2.77. The van der Waals surface area contributed by atoms with Gasteiger partial charge in [0, 0.05) is 18.8 Å². The van der Waals surface area contributed by atoms with Crippen molar-refractivity contribution in [1.82, 2.24) is 0 Å². The zero-order valence-electron chi connectivity index (χ0n) is 8.68. The van der Waals surface area contributed by atoms with E-state index in [1.54, 1.807) is 6.08 Å². The molecule has 0 saturated heterocycles. The Morgan fingerprint density at radius 2 is 2.27 bits per heavy atom. The third-order valence-electron chi connectivity index (χ3n) is 4.14. The first-order valence-electron chi connectivity index (χ1n) is 5.56. The molecule has 0 amide bonds. The van der Waals surface area contributed by atoms with Crippen LogP contribution in [0.1, 0.15) is 19.8 Å². The Bertz CT molecular complexity index is 358. The smallest absolute Gasteiger partial charge is 0.302 e. The Kier molecular flexibility index (Phi) is 1.79. The lowest BCUT2D eigenvalue weighted by molar-refractivity contribution is -0.151. The van der Waals surface area contributed by atoms with Gasteiger partial charge in [0.2, 0.25) is 0 Å². The van der Waals surface area contributed by atoms with Gasteiger partial charge in [-0.15, -0.1) is 0 Å². The van der Waals surface area contributed by atoms with Crippen LogP contribution in [0.3, 0.4) is 0 Å². The highest BCUT2D eigenvalue weighted by molar-refractivity contribution is 5.95. The van der Waals surface area contributed by atoms with Crippen molar-refractivity contribution in [3.05, 3.63) is 12.2 Å². The predicted octanol–water partition coefficient (Wildman–Crippen LogP) is 1.33. The van der Waals surface area contributed by atoms with E-state index in [1.807, 2.05) is 0 Å². The quantitative estimate of drug-likeness (QED) is 0.608. The van der Waals surface area contributed by atoms with Gasteiger partial charge in [-0.1, -0.05) is 6.08 Å². The number of ether oxygens (including phenoxy) is 1. The number of carbonyl (C=O) groups is 2. The number of fused-ring (bicyclic) bond motifs is 5. The van der Waals surface area contributed by atoms with Crippen LogP contribution in [-0.4, -0.2) is 17.9 Å². The minimum atomic E-state index is -0.220. The lowest BCUT2D eigenvalue weighted by Crippen LogP contribution is -2.34. The van der Waals surface area contributed by atoms with Crippen LogP contribution >= 0.6 is 0 Å². The first kappa shape index (κ1) is 9.13. The molecule has 0 aromatic rings. The summed E-state index contributed by atoms with van der Waals surface area (Å²) in [5.74, 6) is 1.42. The Morgan fingerprint density at radius 3 is 3.00 bits per heavy atom. The second kappa shape index (κ2) is 2.94. The number of hydrogen-bond acceptors (Lipinski definition) is 3. The van der Waals surface area contributed by atoms with Crippen LogP contribution < -0.4 is 0 Å². The van der Waals surface area contributed by atoms with Crippen molar-refractivity contribution in [3.8, 4) is 0 Å². The van der Waals surface area contributed by atoms with Gasteiger partial charge in [0.25, 0.3) is 0 Å². The zero-order valence-corrected chi connectivity index (χ0v) is 8.68. The number of rotatable bonds is 1. The van der Waals surface area contributed by atoms with Gasteiger partial charge in [0.1, 0.15) is 6.10 Å². The molecule has 2 fully saturated rings. The van der Waals surface area contributed by atoms with Crippen molar-refractivity contribution in [2.24, 2.45) is 23.7 Å². The molecule has 0 aromatic heterocycles. The fourth-order valence-electron chi connectivity index (χ4n) is 3.68. The molecule has 0 heterocycles. The van der Waals surface area contributed by atoms with Gasteiger partial charge in [-0.05, 0) is 30.8 Å². The summed E-state index contributed by atoms with van der Waals surface area (Å²) < 4.78 is 5.28. The molecule has 3 aliphatic carbocycles. The van der Waals surface area contributed by atoms with E-state index in [4.69, 9.17) is 4.74 Å². The van der Waals surface area contributed by atoms with Crippen LogP contribution in [0.25, 0.3) is 0 Å². The number of ketones is 1. The SMILES string of the molecule is CC(=O)OC1CC2CC1C1C(=O)C=CC21. The standard InChI is InChI=1S/C12H14O3/c1-6(13)15-11-5-7-4-9(11)12-8(7)2-3-10(12)14/h2-3,7-9,11-12H,4-5H2,1H3. The molecule has 0 aliphatic heterocycles. The molecule has 3 heteroatoms. The summed E-state index contributed by atoms with van der Waals surface area (Å²) in [4.78, 5) is 22.6. The maximum absolute atomic E-state index is 11.6. The Morgan fingerprint density at radius 1 is 1.47 bits per heavy atom. The minimum Gasteiger partial charge on any atom is -0.462 e. The Hall–Kier alpha value is -1.12. The van der Waals surface area contributed by atoms with Gasteiger partial charge in [0.05, 0.1) is 0 Å². The molecule has 80 valence electrons. The van der Waals surface area contributed by atoms with E-state index in [0.717, 1.165) is 12.8 Å². The van der Waals surface area contributed by atoms with Crippen molar-refractivity contribution in [3.63, 3.8) is 0 Å². The third-order valence-corrected chi connectivity index (χ3v) is 4.14. The molecule has 0 spiro atoms. The van der Waals surface area contributed by atoms with Crippen LogP contribution in [0.4, 0.5) is 0 Å². The second-order valence-electron chi connectivity index (χ2n) is 4.91. The van der Waals surface area contributed by atoms with E-state index in [1.165, 1.54) is 6.92 Å². The van der Waals surface area contributed by atoms with Crippen molar-refractivity contribution in [2.75, 3.05) is 0 Å². The molecule has 0 radical (unpaired) electrons. The summed E-state index contributed by atoms with van der Waals surface area (Å²) in [6.45, 7) is 1.44. The molecule has 3 nitrogen and oxygen atoms in total. The molecule has 2 saturated carbocycles. The number of carbonyl (C=O) groups excluding carboxylic acids is 2. The summed E-state index contributed by atoms with van der Waals surface area (Å²) in [6.07, 6.45) is 5.77. The maximum atomic E-state index is 11.6. The fourth-order valence-corrected chi connectivity index (χ4v) is 3.68. The monoisotopic (exact) mass is 206 g/mol. The molecular formula is C12H14O3. The first-order chi connectivity index (χ1) is 7.16. The van der Waals surface area contributed by atoms with E-state index in [0.29, 0.717) is 11.8 Å². The van der Waals surface area contributed by atoms with Crippen LogP contribution in [0.5, 0.6) is 0 Å². The fraction of sp³-hybridized carbons (Fsp3) is 0.667. The van der Waals surface area contributed by atoms with Crippen molar-refractivity contribution in [2.45, 2.75) is 25.9 Å². The lowest BCUT2D eigenvalue weighted by Gasteiger charge is -2.29. The molecule has 15 heavy (non-hydrogen) atoms. The number of allylic oxidation sites excluding steroid dienone is 2. The van der Waals surface area contributed by atoms with Crippen LogP contribution in [0.15, 0.2) is 12.2 Å². The van der Waals surface area contributed by atoms with Crippen LogP contribution in [0.2, 0.25) is 0 Å². The molecule has 0 N–H and O–H groups in total. The van der Waals surface area contributed by atoms with Gasteiger partial charge in [-0.2, -0.15) is 0 Å². The van der Waals surface area contributed by atoms with Gasteiger partial charge < -0.3 is 4.74 Å². The van der Waals surface area contributed by atoms with E-state index in [9.17, 15) is 9.59 Å². The Labute approximate surface area is 88.5 Å². The van der Waals surface area contributed by atoms with Crippen molar-refractivity contribution in [1.29, 1.82) is 0 Å². The highest BCUT2D eigenvalue weighted by atomic mass is 16.5. The third kappa shape index (κ3) is 1.18. The summed E-state index contributed by atoms with van der Waals surface area (Å²) in [7, 11) is 0. The lowest BCUT2D eigenvalue weighted by atomic mass is 9.79. The van der Waals surface area contributed by atoms with Crippen LogP contribution in [-0.2, 0) is 14.3 Å². The van der Waals surface area contributed by atoms with Crippen LogP contribution in [0, 0.1) is 23.7 Å². The average molecular weight is 206 g/mol. The van der Waals surface area contributed by atoms with E-state index < -0.39 is 0 Å². The van der Waals surface area contributed by atoms with E-state index in [-0.39, 0.29) is 29.7 Å². The summed E-state index contributed by atoms with van der Waals surface area (Å²) in [5.41, 5.74) is 0. The molecule has 0 aromatic carbocycles. The largest absolute Gasteiger partial charge is 0.462 e. The Balaban J connectivity index is 1.81. The molecule has 2 bridgehead atoms. The summed E-state index contributed by atoms with van der Waals surface area (Å²) in [5, 5.41) is 0. The van der Waals surface area contributed by atoms with Gasteiger partial charge in [-0.25, -0.2) is 0 Å². The molecular weight excluding hydrogens is 192 g/mol. The molecule has 5 unspecified atom stereocenters. The van der Waals surface area contributed by atoms with Gasteiger partial charge in [-0.3, -0.25) is 9.59 Å². The first-order valence-corrected chi connectivity index (χ1v) is 5.56. The van der Waals surface area contributed by atoms with Gasteiger partial charge in [0.15, 0.2) is 5.78 Å². The highest BCUT2D eigenvalue weighted by Gasteiger charge is 2.56. The van der Waals surface area contributed by atoms with Gasteiger partial charge >= 0.3 is 5.97 Å². The van der Waals surface area contributed by atoms with E-state index in [2.05, 4.69) is 6.08 Å². The summed E-state index contributed by atoms with van der Waals surface area (Å²) in [6, 6.07) is 0. The molecule has 3 aliphatic rings. The molecule has 3 rings (SSSR count). The summed E-state index contributed by atoms with van der Waals surface area (Å²) >= 11 is 0. The number of esters is 1.